The van der Waals surface area contributed by atoms with E-state index >= 15 is 0 Å². The van der Waals surface area contributed by atoms with Crippen LogP contribution in [0.25, 0.3) is 0 Å². The van der Waals surface area contributed by atoms with Crippen molar-refractivity contribution in [1.82, 2.24) is 5.48 Å². The minimum absolute atomic E-state index is 0.163. The number of carbonyl (C=O) groups is 1. The van der Waals surface area contributed by atoms with Crippen LogP contribution >= 0.6 is 0 Å². The van der Waals surface area contributed by atoms with Crippen LogP contribution in [0.1, 0.15) is 18.4 Å². The lowest BCUT2D eigenvalue weighted by Crippen LogP contribution is -2.27. The molecule has 0 radical (unpaired) electrons. The van der Waals surface area contributed by atoms with Gasteiger partial charge in [-0.1, -0.05) is 12.1 Å². The van der Waals surface area contributed by atoms with E-state index in [1.807, 2.05) is 54.4 Å². The van der Waals surface area contributed by atoms with E-state index in [1.165, 1.54) is 0 Å². The third kappa shape index (κ3) is 5.55. The van der Waals surface area contributed by atoms with Gasteiger partial charge >= 0.3 is 0 Å². The third-order valence-corrected chi connectivity index (χ3v) is 4.31. The molecule has 0 saturated carbocycles. The highest BCUT2D eigenvalue weighted by molar-refractivity contribution is 6.12. The van der Waals surface area contributed by atoms with E-state index in [1.54, 1.807) is 19.6 Å². The Balaban J connectivity index is 2.24. The van der Waals surface area contributed by atoms with Crippen molar-refractivity contribution >= 4 is 29.8 Å². The lowest BCUT2D eigenvalue weighted by Gasteiger charge is -2.23. The van der Waals surface area contributed by atoms with Gasteiger partial charge in [0.05, 0.1) is 19.4 Å². The van der Waals surface area contributed by atoms with Crippen LogP contribution in [-0.2, 0) is 4.79 Å². The van der Waals surface area contributed by atoms with E-state index in [0.717, 1.165) is 22.8 Å². The van der Waals surface area contributed by atoms with Gasteiger partial charge in [-0.25, -0.2) is 5.48 Å². The molecule has 0 heterocycles. The maximum atomic E-state index is 11.1. The van der Waals surface area contributed by atoms with Gasteiger partial charge in [-0.15, -0.1) is 0 Å². The summed E-state index contributed by atoms with van der Waals surface area (Å²) in [5.74, 6) is 1.40. The number of amides is 1. The number of amidine groups is 1. The summed E-state index contributed by atoms with van der Waals surface area (Å²) in [6, 6.07) is 13.2. The Morgan fingerprint density at radius 3 is 2.66 bits per heavy atom. The monoisotopic (exact) mass is 398 g/mol. The van der Waals surface area contributed by atoms with Gasteiger partial charge in [0.15, 0.2) is 11.5 Å². The fourth-order valence-electron chi connectivity index (χ4n) is 2.83. The van der Waals surface area contributed by atoms with E-state index in [4.69, 9.17) is 14.7 Å². The van der Waals surface area contributed by atoms with Gasteiger partial charge < -0.3 is 14.4 Å². The zero-order chi connectivity index (χ0) is 21.2. The van der Waals surface area contributed by atoms with E-state index in [-0.39, 0.29) is 6.42 Å². The first kappa shape index (κ1) is 21.9. The van der Waals surface area contributed by atoms with Crippen LogP contribution in [0, 0.1) is 0 Å². The number of benzene rings is 2. The molecule has 29 heavy (non-hydrogen) atoms. The number of ether oxygens (including phenoxy) is 2. The second-order valence-electron chi connectivity index (χ2n) is 6.10. The normalized spacial score (nSPS) is 11.0. The number of nitrogens with one attached hydrogen (secondary N) is 1. The number of para-hydroxylation sites is 1. The van der Waals surface area contributed by atoms with Crippen LogP contribution in [0.4, 0.5) is 11.4 Å². The van der Waals surface area contributed by atoms with Crippen LogP contribution in [-0.4, -0.2) is 51.5 Å². The highest BCUT2D eigenvalue weighted by Gasteiger charge is 2.16. The standard InChI is InChI=1S/C21H26N4O4/c1-22-17-9-6-5-8-16(17)21(23-2)25(3)15-11-12-18(28-4)19(14-15)29-13-7-10-20(26)24-27/h5-6,8-9,11-12,14,27H,1,7,10,13H2,2-4H3,(H,24,26)/b23-21+. The molecule has 2 aromatic rings. The zero-order valence-corrected chi connectivity index (χ0v) is 16.9. The Bertz CT molecular complexity index is 883. The Hall–Kier alpha value is -3.39. The van der Waals surface area contributed by atoms with Gasteiger partial charge in [0.2, 0.25) is 5.91 Å². The summed E-state index contributed by atoms with van der Waals surface area (Å²) < 4.78 is 11.2. The third-order valence-electron chi connectivity index (χ3n) is 4.31. The second-order valence-corrected chi connectivity index (χ2v) is 6.10. The number of carbonyl (C=O) groups excluding carboxylic acids is 1. The quantitative estimate of drug-likeness (QED) is 0.222. The molecule has 2 rings (SSSR count). The molecule has 8 heteroatoms. The molecular formula is C21H26N4O4. The van der Waals surface area contributed by atoms with Gasteiger partial charge in [-0.05, 0) is 37.4 Å². The van der Waals surface area contributed by atoms with Crippen LogP contribution < -0.4 is 19.9 Å². The molecule has 0 saturated heterocycles. The molecule has 0 aliphatic heterocycles. The molecule has 8 nitrogen and oxygen atoms in total. The van der Waals surface area contributed by atoms with Gasteiger partial charge in [0, 0.05) is 37.8 Å². The van der Waals surface area contributed by atoms with Gasteiger partial charge in [-0.3, -0.25) is 20.0 Å². The molecule has 0 bridgehead atoms. The lowest BCUT2D eigenvalue weighted by molar-refractivity contribution is -0.129. The molecule has 0 aliphatic carbocycles. The summed E-state index contributed by atoms with van der Waals surface area (Å²) in [6.07, 6.45) is 0.617. The van der Waals surface area contributed by atoms with Crippen molar-refractivity contribution in [2.24, 2.45) is 9.98 Å². The summed E-state index contributed by atoms with van der Waals surface area (Å²) in [5.41, 5.74) is 4.05. The maximum Gasteiger partial charge on any atom is 0.243 e. The Kier molecular flexibility index (Phi) is 8.17. The van der Waals surface area contributed by atoms with Crippen LogP contribution in [0.2, 0.25) is 0 Å². The van der Waals surface area contributed by atoms with Gasteiger partial charge in [0.25, 0.3) is 0 Å². The summed E-state index contributed by atoms with van der Waals surface area (Å²) >= 11 is 0. The molecule has 2 N–H and O–H groups in total. The molecule has 154 valence electrons. The largest absolute Gasteiger partial charge is 0.493 e. The van der Waals surface area contributed by atoms with Crippen molar-refractivity contribution in [3.05, 3.63) is 48.0 Å². The maximum absolute atomic E-state index is 11.1. The molecule has 0 aliphatic rings. The van der Waals surface area contributed by atoms with E-state index in [9.17, 15) is 4.79 Å². The molecule has 0 atom stereocenters. The van der Waals surface area contributed by atoms with Crippen molar-refractivity contribution in [3.63, 3.8) is 0 Å². The molecule has 0 spiro atoms. The molecule has 2 aromatic carbocycles. The SMILES string of the molecule is C=Nc1ccccc1/C(=N\C)N(C)c1ccc(OC)c(OCCCC(=O)NO)c1. The van der Waals surface area contributed by atoms with Gasteiger partial charge in [0.1, 0.15) is 5.84 Å². The zero-order valence-electron chi connectivity index (χ0n) is 16.9. The number of aliphatic imine (C=N–C) groups is 2. The van der Waals surface area contributed by atoms with Crippen LogP contribution in [0.3, 0.4) is 0 Å². The van der Waals surface area contributed by atoms with Crippen molar-refractivity contribution < 1.29 is 19.5 Å². The fraction of sp³-hybridized carbons (Fsp3) is 0.286. The van der Waals surface area contributed by atoms with E-state index in [0.29, 0.717) is 24.5 Å². The molecule has 1 amide bonds. The number of nitrogens with zero attached hydrogens (tertiary/aromatic N) is 3. The number of methoxy groups -OCH3 is 1. The Morgan fingerprint density at radius 1 is 1.24 bits per heavy atom. The number of hydrogen-bond donors (Lipinski definition) is 2. The first-order chi connectivity index (χ1) is 14.0. The number of anilines is 1. The summed E-state index contributed by atoms with van der Waals surface area (Å²) in [7, 11) is 5.19. The van der Waals surface area contributed by atoms with Crippen molar-refractivity contribution in [2.75, 3.05) is 32.7 Å². The molecule has 0 aromatic heterocycles. The molecule has 0 unspecified atom stereocenters. The highest BCUT2D eigenvalue weighted by atomic mass is 16.5. The summed E-state index contributed by atoms with van der Waals surface area (Å²) in [5, 5.41) is 8.55. The summed E-state index contributed by atoms with van der Waals surface area (Å²) in [6.45, 7) is 3.93. The smallest absolute Gasteiger partial charge is 0.243 e. The van der Waals surface area contributed by atoms with Crippen molar-refractivity contribution in [1.29, 1.82) is 0 Å². The predicted octanol–water partition coefficient (Wildman–Crippen LogP) is 3.20. The lowest BCUT2D eigenvalue weighted by atomic mass is 10.1. The average molecular weight is 398 g/mol. The Morgan fingerprint density at radius 2 is 2.00 bits per heavy atom. The Labute approximate surface area is 170 Å². The second kappa shape index (κ2) is 10.8. The van der Waals surface area contributed by atoms with Crippen molar-refractivity contribution in [3.8, 4) is 11.5 Å². The average Bonchev–Trinajstić information content (AvgIpc) is 2.77. The van der Waals surface area contributed by atoms with Crippen molar-refractivity contribution in [2.45, 2.75) is 12.8 Å². The number of hydroxylamine groups is 1. The van der Waals surface area contributed by atoms with Crippen LogP contribution in [0.15, 0.2) is 52.4 Å². The molecular weight excluding hydrogens is 372 g/mol. The number of hydrogen-bond acceptors (Lipinski definition) is 6. The first-order valence-corrected chi connectivity index (χ1v) is 9.06. The minimum atomic E-state index is -0.452. The van der Waals surface area contributed by atoms with Crippen LogP contribution in [0.5, 0.6) is 11.5 Å². The molecule has 0 fully saturated rings. The van der Waals surface area contributed by atoms with E-state index in [2.05, 4.69) is 16.7 Å². The van der Waals surface area contributed by atoms with E-state index < -0.39 is 5.91 Å². The summed E-state index contributed by atoms with van der Waals surface area (Å²) in [4.78, 5) is 21.6. The first-order valence-electron chi connectivity index (χ1n) is 9.06. The topological polar surface area (TPSA) is 95.8 Å². The number of rotatable bonds is 9. The van der Waals surface area contributed by atoms with Gasteiger partial charge in [-0.2, -0.15) is 0 Å². The highest BCUT2D eigenvalue weighted by Crippen LogP contribution is 2.33. The fourth-order valence-corrected chi connectivity index (χ4v) is 2.83. The predicted molar refractivity (Wildman–Crippen MR) is 114 cm³/mol. The minimum Gasteiger partial charge on any atom is -0.493 e.